The number of aryl methyl sites for hydroxylation is 1. The minimum absolute atomic E-state index is 0.0861. The summed E-state index contributed by atoms with van der Waals surface area (Å²) in [6.45, 7) is 1.87. The smallest absolute Gasteiger partial charge is 0.321 e. The van der Waals surface area contributed by atoms with Gasteiger partial charge < -0.3 is 9.64 Å². The average molecular weight is 402 g/mol. The number of nitrogens with zero attached hydrogens (tertiary/aromatic N) is 5. The molecule has 0 unspecified atom stereocenters. The summed E-state index contributed by atoms with van der Waals surface area (Å²) in [6, 6.07) is 15.3. The van der Waals surface area contributed by atoms with Gasteiger partial charge >= 0.3 is 6.01 Å². The molecule has 0 fully saturated rings. The van der Waals surface area contributed by atoms with Crippen molar-refractivity contribution < 1.29 is 14.7 Å². The van der Waals surface area contributed by atoms with E-state index in [9.17, 15) is 4.79 Å². The first-order valence-corrected chi connectivity index (χ1v) is 9.06. The van der Waals surface area contributed by atoms with Crippen LogP contribution >= 0.6 is 0 Å². The highest BCUT2D eigenvalue weighted by atomic mass is 16.5. The number of para-hydroxylation sites is 1. The number of carbonyl (C=O) groups is 1. The van der Waals surface area contributed by atoms with Gasteiger partial charge in [-0.3, -0.25) is 10.0 Å². The third-order valence-corrected chi connectivity index (χ3v) is 4.44. The number of hydroxylamine groups is 1. The first-order chi connectivity index (χ1) is 14.5. The van der Waals surface area contributed by atoms with E-state index >= 15 is 0 Å². The second kappa shape index (κ2) is 8.10. The summed E-state index contributed by atoms with van der Waals surface area (Å²) in [6.07, 6.45) is 2.52. The number of benzene rings is 2. The van der Waals surface area contributed by atoms with Gasteiger partial charge in [-0.2, -0.15) is 0 Å². The average Bonchev–Trinajstić information content (AvgIpc) is 2.78. The molecule has 4 aromatic rings. The highest BCUT2D eigenvalue weighted by Gasteiger charge is 2.12. The van der Waals surface area contributed by atoms with Crippen molar-refractivity contribution in [2.24, 2.45) is 0 Å². The molecule has 0 bridgehead atoms. The van der Waals surface area contributed by atoms with Crippen molar-refractivity contribution in [1.29, 1.82) is 0 Å². The summed E-state index contributed by atoms with van der Waals surface area (Å²) in [7, 11) is 1.94. The molecule has 2 heterocycles. The Bertz CT molecular complexity index is 1200. The molecule has 0 aliphatic heterocycles. The molecule has 0 radical (unpaired) electrons. The Morgan fingerprint density at radius 3 is 2.43 bits per heavy atom. The Hall–Kier alpha value is -4.11. The van der Waals surface area contributed by atoms with Crippen LogP contribution in [0.4, 0.5) is 11.5 Å². The van der Waals surface area contributed by atoms with Gasteiger partial charge in [0.2, 0.25) is 0 Å². The molecule has 0 aliphatic rings. The van der Waals surface area contributed by atoms with Crippen molar-refractivity contribution in [3.63, 3.8) is 0 Å². The Kier molecular flexibility index (Phi) is 5.19. The normalized spacial score (nSPS) is 10.6. The zero-order chi connectivity index (χ0) is 21.1. The number of hydrogen-bond donors (Lipinski definition) is 2. The fraction of sp³-hybridized carbons (Fsp3) is 0.0952. The van der Waals surface area contributed by atoms with E-state index < -0.39 is 5.91 Å². The Balaban J connectivity index is 1.54. The zero-order valence-corrected chi connectivity index (χ0v) is 16.3. The first kappa shape index (κ1) is 19.2. The van der Waals surface area contributed by atoms with E-state index in [1.165, 1.54) is 17.9 Å². The SMILES string of the molecule is Cc1nc(N(C)c2ccc(Oc3ncc(C(=O)NO)cn3)cc2)c2ccccc2n1. The van der Waals surface area contributed by atoms with Gasteiger partial charge in [0.1, 0.15) is 17.4 Å². The van der Waals surface area contributed by atoms with Crippen LogP contribution in [-0.4, -0.2) is 38.1 Å². The summed E-state index contributed by atoms with van der Waals surface area (Å²) in [5, 5.41) is 9.59. The summed E-state index contributed by atoms with van der Waals surface area (Å²) >= 11 is 0. The first-order valence-electron chi connectivity index (χ1n) is 9.06. The van der Waals surface area contributed by atoms with E-state index in [2.05, 4.69) is 19.9 Å². The minimum Gasteiger partial charge on any atom is -0.424 e. The Morgan fingerprint density at radius 2 is 1.73 bits per heavy atom. The number of anilines is 2. The van der Waals surface area contributed by atoms with Gasteiger partial charge in [0.05, 0.1) is 11.1 Å². The van der Waals surface area contributed by atoms with Crippen molar-refractivity contribution in [2.75, 3.05) is 11.9 Å². The predicted molar refractivity (Wildman–Crippen MR) is 110 cm³/mol. The van der Waals surface area contributed by atoms with Crippen molar-refractivity contribution in [3.8, 4) is 11.8 Å². The third-order valence-electron chi connectivity index (χ3n) is 4.44. The van der Waals surface area contributed by atoms with Crippen LogP contribution < -0.4 is 15.1 Å². The lowest BCUT2D eigenvalue weighted by Gasteiger charge is -2.20. The fourth-order valence-electron chi connectivity index (χ4n) is 2.94. The van der Waals surface area contributed by atoms with Gasteiger partial charge in [-0.1, -0.05) is 12.1 Å². The highest BCUT2D eigenvalue weighted by Crippen LogP contribution is 2.30. The van der Waals surface area contributed by atoms with Crippen LogP contribution in [0.2, 0.25) is 0 Å². The predicted octanol–water partition coefficient (Wildman–Crippen LogP) is 3.41. The number of hydrogen-bond acceptors (Lipinski definition) is 8. The molecule has 0 atom stereocenters. The molecule has 0 spiro atoms. The highest BCUT2D eigenvalue weighted by molar-refractivity contribution is 5.92. The van der Waals surface area contributed by atoms with E-state index in [1.807, 2.05) is 55.3 Å². The fourth-order valence-corrected chi connectivity index (χ4v) is 2.94. The number of rotatable bonds is 5. The monoisotopic (exact) mass is 402 g/mol. The van der Waals surface area contributed by atoms with Gasteiger partial charge in [0.15, 0.2) is 0 Å². The number of nitrogens with one attached hydrogen (secondary N) is 1. The van der Waals surface area contributed by atoms with E-state index in [-0.39, 0.29) is 11.6 Å². The quantitative estimate of drug-likeness (QED) is 0.386. The van der Waals surface area contributed by atoms with Gasteiger partial charge in [-0.15, -0.1) is 0 Å². The van der Waals surface area contributed by atoms with Crippen LogP contribution in [0.15, 0.2) is 60.9 Å². The molecule has 2 N–H and O–H groups in total. The van der Waals surface area contributed by atoms with Crippen LogP contribution in [-0.2, 0) is 0 Å². The topological polar surface area (TPSA) is 113 Å². The molecule has 30 heavy (non-hydrogen) atoms. The van der Waals surface area contributed by atoms with Crippen molar-refractivity contribution >= 4 is 28.3 Å². The minimum atomic E-state index is -0.693. The summed E-state index contributed by atoms with van der Waals surface area (Å²) in [4.78, 5) is 30.3. The number of amides is 1. The number of ether oxygens (including phenoxy) is 1. The Morgan fingerprint density at radius 1 is 1.03 bits per heavy atom. The molecule has 9 nitrogen and oxygen atoms in total. The maximum atomic E-state index is 11.3. The van der Waals surface area contributed by atoms with Gasteiger partial charge in [-0.05, 0) is 43.3 Å². The van der Waals surface area contributed by atoms with E-state index in [0.717, 1.165) is 22.4 Å². The maximum absolute atomic E-state index is 11.3. The number of aromatic nitrogens is 4. The zero-order valence-electron chi connectivity index (χ0n) is 16.3. The van der Waals surface area contributed by atoms with Gasteiger partial charge in [0, 0.05) is 30.5 Å². The molecular weight excluding hydrogens is 384 g/mol. The molecule has 0 aliphatic carbocycles. The van der Waals surface area contributed by atoms with Crippen LogP contribution in [0, 0.1) is 6.92 Å². The molecule has 4 rings (SSSR count). The van der Waals surface area contributed by atoms with Crippen molar-refractivity contribution in [3.05, 3.63) is 72.3 Å². The van der Waals surface area contributed by atoms with E-state index in [1.54, 1.807) is 12.1 Å². The lowest BCUT2D eigenvalue weighted by atomic mass is 10.2. The molecule has 150 valence electrons. The summed E-state index contributed by atoms with van der Waals surface area (Å²) < 4.78 is 5.62. The lowest BCUT2D eigenvalue weighted by molar-refractivity contribution is 0.0705. The molecule has 0 saturated carbocycles. The molecule has 1 amide bonds. The summed E-state index contributed by atoms with van der Waals surface area (Å²) in [5.41, 5.74) is 3.45. The van der Waals surface area contributed by atoms with Crippen LogP contribution in [0.1, 0.15) is 16.2 Å². The standard InChI is InChI=1S/C21H18N6O3/c1-13-24-18-6-4-3-5-17(18)19(25-13)27(2)15-7-9-16(10-8-15)30-21-22-11-14(12-23-21)20(28)26-29/h3-12,29H,1-2H3,(H,26,28). The molecule has 2 aromatic carbocycles. The van der Waals surface area contributed by atoms with Crippen LogP contribution in [0.3, 0.4) is 0 Å². The number of carbonyl (C=O) groups excluding carboxylic acids is 1. The van der Waals surface area contributed by atoms with Crippen LogP contribution in [0.5, 0.6) is 11.8 Å². The van der Waals surface area contributed by atoms with E-state index in [4.69, 9.17) is 9.94 Å². The molecular formula is C21H18N6O3. The lowest BCUT2D eigenvalue weighted by Crippen LogP contribution is -2.18. The molecule has 2 aromatic heterocycles. The van der Waals surface area contributed by atoms with Gasteiger partial charge in [-0.25, -0.2) is 25.4 Å². The second-order valence-electron chi connectivity index (χ2n) is 6.46. The summed E-state index contributed by atoms with van der Waals surface area (Å²) in [5.74, 6) is 1.36. The second-order valence-corrected chi connectivity index (χ2v) is 6.46. The van der Waals surface area contributed by atoms with Crippen molar-refractivity contribution in [1.82, 2.24) is 25.4 Å². The Labute approximate surface area is 172 Å². The largest absolute Gasteiger partial charge is 0.424 e. The van der Waals surface area contributed by atoms with Gasteiger partial charge in [0.25, 0.3) is 5.91 Å². The van der Waals surface area contributed by atoms with Crippen molar-refractivity contribution in [2.45, 2.75) is 6.92 Å². The maximum Gasteiger partial charge on any atom is 0.321 e. The molecule has 9 heteroatoms. The number of fused-ring (bicyclic) bond motifs is 1. The van der Waals surface area contributed by atoms with Crippen LogP contribution in [0.25, 0.3) is 10.9 Å². The third kappa shape index (κ3) is 3.87. The van der Waals surface area contributed by atoms with E-state index in [0.29, 0.717) is 11.6 Å². The molecule has 0 saturated heterocycles.